The van der Waals surface area contributed by atoms with Crippen LogP contribution in [0.1, 0.15) is 12.0 Å². The largest absolute Gasteiger partial charge is 0.314 e. The minimum Gasteiger partial charge on any atom is -0.314 e. The lowest BCUT2D eigenvalue weighted by Crippen LogP contribution is -2.43. The van der Waals surface area contributed by atoms with E-state index in [-0.39, 0.29) is 11.4 Å². The topological polar surface area (TPSA) is 15.3 Å². The van der Waals surface area contributed by atoms with E-state index >= 15 is 0 Å². The van der Waals surface area contributed by atoms with Gasteiger partial charge >= 0.3 is 0 Å². The third-order valence-electron chi connectivity index (χ3n) is 3.36. The van der Waals surface area contributed by atoms with Crippen LogP contribution in [0.4, 0.5) is 4.39 Å². The summed E-state index contributed by atoms with van der Waals surface area (Å²) in [5.41, 5.74) is 0.630. The maximum absolute atomic E-state index is 13.8. The normalized spacial score (nSPS) is 26.1. The van der Waals surface area contributed by atoms with Crippen molar-refractivity contribution in [3.8, 4) is 0 Å². The Morgan fingerprint density at radius 2 is 2.07 bits per heavy atom. The van der Waals surface area contributed by atoms with Crippen LogP contribution in [0.15, 0.2) is 24.3 Å². The fraction of sp³-hybridized carbons (Fsp3) is 0.500. The molecule has 1 aliphatic heterocycles. The van der Waals surface area contributed by atoms with Crippen LogP contribution in [0.2, 0.25) is 0 Å². The van der Waals surface area contributed by atoms with Gasteiger partial charge in [0.2, 0.25) is 0 Å². The van der Waals surface area contributed by atoms with Gasteiger partial charge in [0.1, 0.15) is 5.82 Å². The third-order valence-corrected chi connectivity index (χ3v) is 3.36. The zero-order chi connectivity index (χ0) is 10.9. The summed E-state index contributed by atoms with van der Waals surface area (Å²) in [6.45, 7) is 1.77. The number of benzene rings is 1. The number of nitrogens with zero attached hydrogens (tertiary/aromatic N) is 1. The Bertz CT molecular complexity index is 343. The fourth-order valence-electron chi connectivity index (χ4n) is 2.37. The number of likely N-dealkylation sites (N-methyl/N-ethyl adjacent to an activating group) is 1. The van der Waals surface area contributed by atoms with Crippen LogP contribution in [-0.2, 0) is 5.54 Å². The lowest BCUT2D eigenvalue weighted by Gasteiger charge is -2.36. The Morgan fingerprint density at radius 1 is 1.33 bits per heavy atom. The Balaban J connectivity index is 2.46. The predicted octanol–water partition coefficient (Wildman–Crippen LogP) is 1.58. The second-order valence-electron chi connectivity index (χ2n) is 4.33. The first kappa shape index (κ1) is 10.6. The molecule has 2 nitrogen and oxygen atoms in total. The van der Waals surface area contributed by atoms with Gasteiger partial charge in [-0.2, -0.15) is 0 Å². The molecular weight excluding hydrogens is 191 g/mol. The van der Waals surface area contributed by atoms with Gasteiger partial charge in [-0.25, -0.2) is 4.39 Å². The van der Waals surface area contributed by atoms with Crippen molar-refractivity contribution in [2.24, 2.45) is 0 Å². The first-order chi connectivity index (χ1) is 7.17. The second-order valence-corrected chi connectivity index (χ2v) is 4.33. The Labute approximate surface area is 90.1 Å². The third kappa shape index (κ3) is 1.66. The molecule has 0 radical (unpaired) electrons. The van der Waals surface area contributed by atoms with E-state index in [1.54, 1.807) is 12.1 Å². The smallest absolute Gasteiger partial charge is 0.128 e. The van der Waals surface area contributed by atoms with Crippen LogP contribution < -0.4 is 5.32 Å². The molecule has 1 unspecified atom stereocenters. The highest BCUT2D eigenvalue weighted by Crippen LogP contribution is 2.34. The van der Waals surface area contributed by atoms with Gasteiger partial charge in [0.15, 0.2) is 0 Å². The summed E-state index contributed by atoms with van der Waals surface area (Å²) in [5.74, 6) is -0.102. The molecule has 1 aromatic rings. The van der Waals surface area contributed by atoms with Gasteiger partial charge in [-0.15, -0.1) is 0 Å². The number of hydrogen-bond acceptors (Lipinski definition) is 2. The van der Waals surface area contributed by atoms with Gasteiger partial charge in [0.05, 0.1) is 5.54 Å². The predicted molar refractivity (Wildman–Crippen MR) is 59.3 cm³/mol. The quantitative estimate of drug-likeness (QED) is 0.793. The van der Waals surface area contributed by atoms with Crippen molar-refractivity contribution in [2.75, 3.05) is 27.2 Å². The molecule has 1 aliphatic rings. The number of hydrogen-bond donors (Lipinski definition) is 1. The van der Waals surface area contributed by atoms with Crippen molar-refractivity contribution in [3.63, 3.8) is 0 Å². The van der Waals surface area contributed by atoms with Crippen molar-refractivity contribution >= 4 is 0 Å². The lowest BCUT2D eigenvalue weighted by molar-refractivity contribution is 0.169. The second kappa shape index (κ2) is 3.91. The molecule has 0 amide bonds. The van der Waals surface area contributed by atoms with Gasteiger partial charge in [0.25, 0.3) is 0 Å². The van der Waals surface area contributed by atoms with Gasteiger partial charge < -0.3 is 5.32 Å². The van der Waals surface area contributed by atoms with Gasteiger partial charge in [-0.3, -0.25) is 4.90 Å². The molecule has 1 heterocycles. The van der Waals surface area contributed by atoms with Crippen molar-refractivity contribution in [2.45, 2.75) is 12.0 Å². The zero-order valence-electron chi connectivity index (χ0n) is 9.26. The minimum absolute atomic E-state index is 0.102. The average molecular weight is 208 g/mol. The molecule has 15 heavy (non-hydrogen) atoms. The molecule has 0 bridgehead atoms. The Kier molecular flexibility index (Phi) is 2.76. The van der Waals surface area contributed by atoms with Crippen LogP contribution in [0, 0.1) is 5.82 Å². The average Bonchev–Trinajstić information content (AvgIpc) is 2.68. The van der Waals surface area contributed by atoms with Gasteiger partial charge in [-0.05, 0) is 33.1 Å². The molecule has 1 aromatic carbocycles. The van der Waals surface area contributed by atoms with E-state index in [2.05, 4.69) is 10.2 Å². The minimum atomic E-state index is -0.175. The lowest BCUT2D eigenvalue weighted by atomic mass is 9.87. The molecular formula is C12H17FN2. The molecule has 1 N–H and O–H groups in total. The van der Waals surface area contributed by atoms with Crippen LogP contribution in [-0.4, -0.2) is 32.1 Å². The SMILES string of the molecule is CN(C)C1(c2ccccc2F)CCNC1. The maximum Gasteiger partial charge on any atom is 0.128 e. The molecule has 0 aromatic heterocycles. The first-order valence-corrected chi connectivity index (χ1v) is 5.30. The zero-order valence-corrected chi connectivity index (χ0v) is 9.26. The molecule has 3 heteroatoms. The van der Waals surface area contributed by atoms with E-state index in [0.29, 0.717) is 0 Å². The summed E-state index contributed by atoms with van der Waals surface area (Å²) < 4.78 is 13.8. The van der Waals surface area contributed by atoms with Crippen molar-refractivity contribution < 1.29 is 4.39 Å². The van der Waals surface area contributed by atoms with Crippen LogP contribution in [0.5, 0.6) is 0 Å². The number of halogens is 1. The molecule has 0 spiro atoms. The highest BCUT2D eigenvalue weighted by atomic mass is 19.1. The van der Waals surface area contributed by atoms with Crippen LogP contribution in [0.25, 0.3) is 0 Å². The van der Waals surface area contributed by atoms with Crippen molar-refractivity contribution in [3.05, 3.63) is 35.6 Å². The summed E-state index contributed by atoms with van der Waals surface area (Å²) >= 11 is 0. The van der Waals surface area contributed by atoms with Crippen molar-refractivity contribution in [1.82, 2.24) is 10.2 Å². The summed E-state index contributed by atoms with van der Waals surface area (Å²) in [5, 5.41) is 3.31. The highest BCUT2D eigenvalue weighted by Gasteiger charge is 2.39. The molecule has 1 atom stereocenters. The van der Waals surface area contributed by atoms with Gasteiger partial charge in [0, 0.05) is 12.1 Å². The molecule has 0 aliphatic carbocycles. The summed E-state index contributed by atoms with van der Waals surface area (Å²) in [6.07, 6.45) is 0.959. The van der Waals surface area contributed by atoms with Gasteiger partial charge in [-0.1, -0.05) is 18.2 Å². The summed E-state index contributed by atoms with van der Waals surface area (Å²) in [4.78, 5) is 2.12. The Hall–Kier alpha value is -0.930. The van der Waals surface area contributed by atoms with E-state index in [9.17, 15) is 4.39 Å². The first-order valence-electron chi connectivity index (χ1n) is 5.30. The van der Waals surface area contributed by atoms with Crippen LogP contribution >= 0.6 is 0 Å². The highest BCUT2D eigenvalue weighted by molar-refractivity contribution is 5.28. The summed E-state index contributed by atoms with van der Waals surface area (Å²) in [6, 6.07) is 7.08. The fourth-order valence-corrected chi connectivity index (χ4v) is 2.37. The van der Waals surface area contributed by atoms with E-state index in [4.69, 9.17) is 0 Å². The standard InChI is InChI=1S/C12H17FN2/c1-15(2)12(7-8-14-9-12)10-5-3-4-6-11(10)13/h3-6,14H,7-9H2,1-2H3. The van der Waals surface area contributed by atoms with E-state index in [1.165, 1.54) is 0 Å². The van der Waals surface area contributed by atoms with Crippen LogP contribution in [0.3, 0.4) is 0 Å². The van der Waals surface area contributed by atoms with E-state index in [1.807, 2.05) is 26.2 Å². The number of nitrogens with one attached hydrogen (secondary N) is 1. The molecule has 82 valence electrons. The monoisotopic (exact) mass is 208 g/mol. The molecule has 1 fully saturated rings. The molecule has 2 rings (SSSR count). The summed E-state index contributed by atoms with van der Waals surface area (Å²) in [7, 11) is 4.03. The Morgan fingerprint density at radius 3 is 2.60 bits per heavy atom. The van der Waals surface area contributed by atoms with Crippen molar-refractivity contribution in [1.29, 1.82) is 0 Å². The van der Waals surface area contributed by atoms with E-state index in [0.717, 1.165) is 25.1 Å². The number of rotatable bonds is 2. The molecule has 0 saturated carbocycles. The maximum atomic E-state index is 13.8. The van der Waals surface area contributed by atoms with E-state index < -0.39 is 0 Å². The molecule has 1 saturated heterocycles.